The van der Waals surface area contributed by atoms with Gasteiger partial charge >= 0.3 is 0 Å². The van der Waals surface area contributed by atoms with Crippen molar-refractivity contribution in [3.8, 4) is 11.4 Å². The first-order valence-electron chi connectivity index (χ1n) is 10.7. The van der Waals surface area contributed by atoms with Gasteiger partial charge in [-0.05, 0) is 49.1 Å². The molecule has 0 unspecified atom stereocenters. The largest absolute Gasteiger partial charge is 0.352 e. The number of halogens is 1. The molecule has 4 rings (SSSR count). The quantitative estimate of drug-likeness (QED) is 0.591. The third kappa shape index (κ3) is 5.12. The number of carbonyl (C=O) groups is 1. The van der Waals surface area contributed by atoms with Crippen molar-refractivity contribution in [3.05, 3.63) is 65.3 Å². The van der Waals surface area contributed by atoms with Crippen molar-refractivity contribution in [2.24, 2.45) is 5.92 Å². The Kier molecular flexibility index (Phi) is 6.57. The van der Waals surface area contributed by atoms with E-state index in [0.29, 0.717) is 42.2 Å². The molecule has 1 saturated heterocycles. The van der Waals surface area contributed by atoms with E-state index >= 15 is 0 Å². The van der Waals surface area contributed by atoms with Crippen molar-refractivity contribution in [3.63, 3.8) is 0 Å². The summed E-state index contributed by atoms with van der Waals surface area (Å²) in [5.41, 5.74) is 1.91. The summed E-state index contributed by atoms with van der Waals surface area (Å²) in [5, 5.41) is 6.70. The standard InChI is InChI=1S/C23H25FN4O4S/c1-15-5-8-18(22-26-16(2)32-27-22)12-21(15)33(30,31)28-11-3-4-19(14-28)23(29)25-13-17-6-9-20(24)10-7-17/h5-10,12,19H,3-4,11,13-14H2,1-2H3,(H,25,29)/t19-/m0/s1. The third-order valence-electron chi connectivity index (χ3n) is 5.73. The summed E-state index contributed by atoms with van der Waals surface area (Å²) < 4.78 is 46.4. The van der Waals surface area contributed by atoms with E-state index in [1.807, 2.05) is 0 Å². The second-order valence-electron chi connectivity index (χ2n) is 8.16. The van der Waals surface area contributed by atoms with E-state index in [9.17, 15) is 17.6 Å². The molecule has 0 bridgehead atoms. The van der Waals surface area contributed by atoms with Crippen LogP contribution in [0.15, 0.2) is 51.9 Å². The molecular formula is C23H25FN4O4S. The Morgan fingerprint density at radius 2 is 1.97 bits per heavy atom. The monoisotopic (exact) mass is 472 g/mol. The van der Waals surface area contributed by atoms with Gasteiger partial charge in [-0.25, -0.2) is 12.8 Å². The van der Waals surface area contributed by atoms with Gasteiger partial charge in [0.15, 0.2) is 0 Å². The number of sulfonamides is 1. The summed E-state index contributed by atoms with van der Waals surface area (Å²) >= 11 is 0. The molecule has 1 N–H and O–H groups in total. The van der Waals surface area contributed by atoms with Gasteiger partial charge in [-0.3, -0.25) is 4.79 Å². The SMILES string of the molecule is Cc1nc(-c2ccc(C)c(S(=O)(=O)N3CCC[C@H](C(=O)NCc4ccc(F)cc4)C3)c2)no1. The summed E-state index contributed by atoms with van der Waals surface area (Å²) in [7, 11) is -3.83. The van der Waals surface area contributed by atoms with Gasteiger partial charge in [-0.2, -0.15) is 9.29 Å². The van der Waals surface area contributed by atoms with Crippen LogP contribution in [0.5, 0.6) is 0 Å². The zero-order valence-electron chi connectivity index (χ0n) is 18.4. The van der Waals surface area contributed by atoms with Crippen LogP contribution < -0.4 is 5.32 Å². The number of amides is 1. The van der Waals surface area contributed by atoms with E-state index < -0.39 is 15.9 Å². The number of aromatic nitrogens is 2. The summed E-state index contributed by atoms with van der Waals surface area (Å²) in [6, 6.07) is 10.9. The molecule has 0 radical (unpaired) electrons. The van der Waals surface area contributed by atoms with Crippen molar-refractivity contribution in [1.29, 1.82) is 0 Å². The molecule has 8 nitrogen and oxygen atoms in total. The molecule has 1 atom stereocenters. The second kappa shape index (κ2) is 9.40. The van der Waals surface area contributed by atoms with Crippen LogP contribution in [0.1, 0.15) is 29.9 Å². The number of aryl methyl sites for hydroxylation is 2. The van der Waals surface area contributed by atoms with Crippen molar-refractivity contribution < 1.29 is 22.1 Å². The molecule has 1 amide bonds. The van der Waals surface area contributed by atoms with Crippen LogP contribution >= 0.6 is 0 Å². The molecule has 3 aromatic rings. The van der Waals surface area contributed by atoms with E-state index in [-0.39, 0.29) is 29.7 Å². The van der Waals surface area contributed by atoms with Gasteiger partial charge in [0.25, 0.3) is 0 Å². The first kappa shape index (κ1) is 23.1. The van der Waals surface area contributed by atoms with Crippen LogP contribution in [0, 0.1) is 25.6 Å². The number of hydrogen-bond donors (Lipinski definition) is 1. The summed E-state index contributed by atoms with van der Waals surface area (Å²) in [6.07, 6.45) is 1.18. The highest BCUT2D eigenvalue weighted by Crippen LogP contribution is 2.29. The lowest BCUT2D eigenvalue weighted by molar-refractivity contribution is -0.126. The zero-order valence-corrected chi connectivity index (χ0v) is 19.2. The minimum Gasteiger partial charge on any atom is -0.352 e. The third-order valence-corrected chi connectivity index (χ3v) is 7.73. The van der Waals surface area contributed by atoms with Crippen molar-refractivity contribution >= 4 is 15.9 Å². The molecule has 0 aliphatic carbocycles. The summed E-state index contributed by atoms with van der Waals surface area (Å²) in [4.78, 5) is 17.1. The van der Waals surface area contributed by atoms with Crippen molar-refractivity contribution in [1.82, 2.24) is 19.8 Å². The highest BCUT2D eigenvalue weighted by Gasteiger charge is 2.34. The molecule has 2 aromatic carbocycles. The normalized spacial score (nSPS) is 17.1. The Hall–Kier alpha value is -3.11. The van der Waals surface area contributed by atoms with E-state index in [1.165, 1.54) is 16.4 Å². The molecule has 1 aliphatic heterocycles. The Morgan fingerprint density at radius 1 is 1.21 bits per heavy atom. The summed E-state index contributed by atoms with van der Waals surface area (Å²) in [6.45, 7) is 4.09. The average Bonchev–Trinajstić information content (AvgIpc) is 3.25. The molecule has 174 valence electrons. The summed E-state index contributed by atoms with van der Waals surface area (Å²) in [5.74, 6) is -0.308. The van der Waals surface area contributed by atoms with Gasteiger partial charge in [0.05, 0.1) is 10.8 Å². The van der Waals surface area contributed by atoms with Crippen LogP contribution in [0.4, 0.5) is 4.39 Å². The maximum absolute atomic E-state index is 13.5. The van der Waals surface area contributed by atoms with Crippen LogP contribution in [0.3, 0.4) is 0 Å². The molecule has 33 heavy (non-hydrogen) atoms. The van der Waals surface area contributed by atoms with Gasteiger partial charge in [-0.15, -0.1) is 0 Å². The van der Waals surface area contributed by atoms with Gasteiger partial charge in [0.1, 0.15) is 5.82 Å². The molecule has 10 heteroatoms. The van der Waals surface area contributed by atoms with Gasteiger partial charge in [-0.1, -0.05) is 29.4 Å². The van der Waals surface area contributed by atoms with Gasteiger partial charge in [0.2, 0.25) is 27.6 Å². The molecule has 1 aromatic heterocycles. The fourth-order valence-corrected chi connectivity index (χ4v) is 5.66. The molecular weight excluding hydrogens is 447 g/mol. The fraction of sp³-hybridized carbons (Fsp3) is 0.348. The number of carbonyl (C=O) groups excluding carboxylic acids is 1. The van der Waals surface area contributed by atoms with E-state index in [4.69, 9.17) is 4.52 Å². The number of benzene rings is 2. The van der Waals surface area contributed by atoms with Crippen molar-refractivity contribution in [2.45, 2.75) is 38.1 Å². The molecule has 2 heterocycles. The lowest BCUT2D eigenvalue weighted by Gasteiger charge is -2.31. The Balaban J connectivity index is 1.49. The van der Waals surface area contributed by atoms with Crippen LogP contribution in [-0.2, 0) is 21.4 Å². The first-order chi connectivity index (χ1) is 15.7. The van der Waals surface area contributed by atoms with E-state index in [0.717, 1.165) is 5.56 Å². The fourth-order valence-electron chi connectivity index (χ4n) is 3.88. The highest BCUT2D eigenvalue weighted by molar-refractivity contribution is 7.89. The zero-order chi connectivity index (χ0) is 23.6. The van der Waals surface area contributed by atoms with E-state index in [1.54, 1.807) is 44.2 Å². The lowest BCUT2D eigenvalue weighted by Crippen LogP contribution is -2.45. The van der Waals surface area contributed by atoms with Crippen LogP contribution in [0.25, 0.3) is 11.4 Å². The topological polar surface area (TPSA) is 105 Å². The lowest BCUT2D eigenvalue weighted by atomic mass is 9.99. The predicted molar refractivity (Wildman–Crippen MR) is 119 cm³/mol. The minimum atomic E-state index is -3.83. The smallest absolute Gasteiger partial charge is 0.243 e. The van der Waals surface area contributed by atoms with Gasteiger partial charge in [0, 0.05) is 32.1 Å². The Labute approximate surface area is 191 Å². The van der Waals surface area contributed by atoms with Crippen molar-refractivity contribution in [2.75, 3.05) is 13.1 Å². The van der Waals surface area contributed by atoms with Crippen LogP contribution in [-0.4, -0.2) is 41.9 Å². The Morgan fingerprint density at radius 3 is 2.67 bits per heavy atom. The molecule has 1 fully saturated rings. The molecule has 0 saturated carbocycles. The number of hydrogen-bond acceptors (Lipinski definition) is 6. The van der Waals surface area contributed by atoms with Gasteiger partial charge < -0.3 is 9.84 Å². The molecule has 1 aliphatic rings. The maximum atomic E-state index is 13.5. The maximum Gasteiger partial charge on any atom is 0.243 e. The Bertz CT molecular complexity index is 1260. The molecule has 0 spiro atoms. The first-order valence-corrected chi connectivity index (χ1v) is 12.1. The number of rotatable bonds is 6. The number of nitrogens with zero attached hydrogens (tertiary/aromatic N) is 3. The predicted octanol–water partition coefficient (Wildman–Crippen LogP) is 3.21. The second-order valence-corrected chi connectivity index (χ2v) is 10.1. The number of piperidine rings is 1. The number of nitrogens with one attached hydrogen (secondary N) is 1. The minimum absolute atomic E-state index is 0.0998. The highest BCUT2D eigenvalue weighted by atomic mass is 32.2. The van der Waals surface area contributed by atoms with Crippen LogP contribution in [0.2, 0.25) is 0 Å². The average molecular weight is 473 g/mol. The van der Waals surface area contributed by atoms with E-state index in [2.05, 4.69) is 15.5 Å².